The maximum absolute atomic E-state index is 11.3. The van der Waals surface area contributed by atoms with Crippen molar-refractivity contribution in [3.05, 3.63) is 22.2 Å². The van der Waals surface area contributed by atoms with Crippen molar-refractivity contribution < 1.29 is 9.53 Å². The van der Waals surface area contributed by atoms with E-state index in [1.165, 1.54) is 0 Å². The molecule has 1 amide bonds. The van der Waals surface area contributed by atoms with E-state index in [4.69, 9.17) is 4.74 Å². The summed E-state index contributed by atoms with van der Waals surface area (Å²) in [4.78, 5) is 11.3. The third kappa shape index (κ3) is 1.75. The smallest absolute Gasteiger partial charge is 0.227 e. The van der Waals surface area contributed by atoms with Crippen molar-refractivity contribution >= 4 is 27.5 Å². The normalized spacial score (nSPS) is 15.1. The van der Waals surface area contributed by atoms with Gasteiger partial charge >= 0.3 is 0 Å². The Labute approximate surface area is 90.6 Å². The molecule has 0 saturated heterocycles. The first-order valence-corrected chi connectivity index (χ1v) is 5.19. The van der Waals surface area contributed by atoms with Gasteiger partial charge in [-0.2, -0.15) is 0 Å². The molecule has 0 atom stereocenters. The number of hydrogen-bond donors (Lipinski definition) is 1. The number of halogens is 1. The van der Waals surface area contributed by atoms with Crippen LogP contribution in [-0.4, -0.2) is 12.5 Å². The van der Waals surface area contributed by atoms with Crippen LogP contribution in [0, 0.1) is 6.92 Å². The van der Waals surface area contributed by atoms with Gasteiger partial charge in [-0.1, -0.05) is 0 Å². The zero-order chi connectivity index (χ0) is 10.1. The number of ether oxygens (including phenoxy) is 1. The minimum absolute atomic E-state index is 0.00116. The number of amides is 1. The van der Waals surface area contributed by atoms with E-state index in [1.807, 2.05) is 19.1 Å². The van der Waals surface area contributed by atoms with Crippen LogP contribution in [0.4, 0.5) is 5.69 Å². The summed E-state index contributed by atoms with van der Waals surface area (Å²) in [6, 6.07) is 3.87. The first kappa shape index (κ1) is 9.52. The lowest BCUT2D eigenvalue weighted by atomic mass is 10.2. The van der Waals surface area contributed by atoms with Gasteiger partial charge in [0.25, 0.3) is 0 Å². The van der Waals surface area contributed by atoms with E-state index >= 15 is 0 Å². The second-order valence-corrected chi connectivity index (χ2v) is 4.12. The first-order valence-electron chi connectivity index (χ1n) is 4.39. The minimum Gasteiger partial charge on any atom is -0.490 e. The molecule has 14 heavy (non-hydrogen) atoms. The molecule has 0 radical (unpaired) electrons. The number of rotatable bonds is 0. The Balaban J connectivity index is 2.50. The molecule has 1 aliphatic rings. The van der Waals surface area contributed by atoms with E-state index in [9.17, 15) is 4.79 Å². The maximum atomic E-state index is 11.3. The molecule has 1 N–H and O–H groups in total. The summed E-state index contributed by atoms with van der Waals surface area (Å²) in [5.74, 6) is 0.725. The Hall–Kier alpha value is -1.03. The summed E-state index contributed by atoms with van der Waals surface area (Å²) < 4.78 is 6.36. The van der Waals surface area contributed by atoms with Gasteiger partial charge < -0.3 is 10.1 Å². The third-order valence-electron chi connectivity index (χ3n) is 2.04. The predicted molar refractivity (Wildman–Crippen MR) is 57.6 cm³/mol. The van der Waals surface area contributed by atoms with Crippen molar-refractivity contribution in [1.82, 2.24) is 0 Å². The fourth-order valence-electron chi connectivity index (χ4n) is 1.43. The van der Waals surface area contributed by atoms with Crippen LogP contribution in [0.1, 0.15) is 12.0 Å². The van der Waals surface area contributed by atoms with Crippen LogP contribution >= 0.6 is 15.9 Å². The van der Waals surface area contributed by atoms with E-state index in [-0.39, 0.29) is 5.91 Å². The molecular weight excluding hydrogens is 246 g/mol. The maximum Gasteiger partial charge on any atom is 0.227 e. The quantitative estimate of drug-likeness (QED) is 0.774. The highest BCUT2D eigenvalue weighted by molar-refractivity contribution is 9.10. The highest BCUT2D eigenvalue weighted by Gasteiger charge is 2.16. The van der Waals surface area contributed by atoms with E-state index in [1.54, 1.807) is 0 Å². The Morgan fingerprint density at radius 1 is 1.50 bits per heavy atom. The number of fused-ring (bicyclic) bond motifs is 1. The summed E-state index contributed by atoms with van der Waals surface area (Å²) in [6.45, 7) is 2.41. The van der Waals surface area contributed by atoms with Gasteiger partial charge in [-0.05, 0) is 40.5 Å². The number of aryl methyl sites for hydroxylation is 1. The highest BCUT2D eigenvalue weighted by Crippen LogP contribution is 2.36. The lowest BCUT2D eigenvalue weighted by molar-refractivity contribution is -0.116. The molecule has 0 spiro atoms. The van der Waals surface area contributed by atoms with E-state index in [0.29, 0.717) is 13.0 Å². The molecule has 0 aromatic heterocycles. The fourth-order valence-corrected chi connectivity index (χ4v) is 2.12. The van der Waals surface area contributed by atoms with Gasteiger partial charge in [0.05, 0.1) is 23.2 Å². The fraction of sp³-hybridized carbons (Fsp3) is 0.300. The minimum atomic E-state index is 0.00116. The number of hydrogen-bond acceptors (Lipinski definition) is 2. The van der Waals surface area contributed by atoms with Crippen LogP contribution in [0.15, 0.2) is 16.6 Å². The van der Waals surface area contributed by atoms with Crippen LogP contribution < -0.4 is 10.1 Å². The van der Waals surface area contributed by atoms with E-state index < -0.39 is 0 Å². The Morgan fingerprint density at radius 3 is 3.07 bits per heavy atom. The molecule has 0 aliphatic carbocycles. The van der Waals surface area contributed by atoms with Crippen molar-refractivity contribution in [3.8, 4) is 5.75 Å². The summed E-state index contributed by atoms with van der Waals surface area (Å²) in [5.41, 5.74) is 1.83. The molecule has 2 rings (SSSR count). The SMILES string of the molecule is Cc1cc(Br)c2c(c1)NC(=O)CCO2. The Bertz CT molecular complexity index is 390. The highest BCUT2D eigenvalue weighted by atomic mass is 79.9. The summed E-state index contributed by atoms with van der Waals surface area (Å²) in [7, 11) is 0. The van der Waals surface area contributed by atoms with Crippen LogP contribution in [-0.2, 0) is 4.79 Å². The van der Waals surface area contributed by atoms with Crippen molar-refractivity contribution in [3.63, 3.8) is 0 Å². The molecule has 1 aromatic carbocycles. The molecule has 1 aromatic rings. The lowest BCUT2D eigenvalue weighted by Gasteiger charge is -2.09. The van der Waals surface area contributed by atoms with Gasteiger partial charge in [0.1, 0.15) is 0 Å². The average molecular weight is 256 g/mol. The molecule has 0 fully saturated rings. The largest absolute Gasteiger partial charge is 0.490 e. The topological polar surface area (TPSA) is 38.3 Å². The zero-order valence-electron chi connectivity index (χ0n) is 7.76. The molecule has 0 unspecified atom stereocenters. The van der Waals surface area contributed by atoms with Crippen LogP contribution in [0.5, 0.6) is 5.75 Å². The van der Waals surface area contributed by atoms with Gasteiger partial charge in [0.2, 0.25) is 5.91 Å². The number of nitrogens with one attached hydrogen (secondary N) is 1. The molecule has 3 nitrogen and oxygen atoms in total. The molecule has 1 heterocycles. The number of anilines is 1. The van der Waals surface area contributed by atoms with Crippen LogP contribution in [0.3, 0.4) is 0 Å². The Morgan fingerprint density at radius 2 is 2.29 bits per heavy atom. The zero-order valence-corrected chi connectivity index (χ0v) is 9.35. The van der Waals surface area contributed by atoms with Crippen molar-refractivity contribution in [2.75, 3.05) is 11.9 Å². The number of carbonyl (C=O) groups is 1. The van der Waals surface area contributed by atoms with Gasteiger partial charge in [0.15, 0.2) is 5.75 Å². The lowest BCUT2D eigenvalue weighted by Crippen LogP contribution is -2.10. The van der Waals surface area contributed by atoms with Crippen molar-refractivity contribution in [2.45, 2.75) is 13.3 Å². The Kier molecular flexibility index (Phi) is 2.46. The molecule has 0 bridgehead atoms. The standard InChI is InChI=1S/C10H10BrNO2/c1-6-4-7(11)10-8(5-6)12-9(13)2-3-14-10/h4-5H,2-3H2,1H3,(H,12,13). The van der Waals surface area contributed by atoms with Crippen molar-refractivity contribution in [2.24, 2.45) is 0 Å². The summed E-state index contributed by atoms with van der Waals surface area (Å²) >= 11 is 3.41. The molecule has 0 saturated carbocycles. The molecule has 1 aliphatic heterocycles. The second-order valence-electron chi connectivity index (χ2n) is 3.27. The van der Waals surface area contributed by atoms with E-state index in [0.717, 1.165) is 21.5 Å². The number of benzene rings is 1. The monoisotopic (exact) mass is 255 g/mol. The van der Waals surface area contributed by atoms with Crippen LogP contribution in [0.2, 0.25) is 0 Å². The molecule has 74 valence electrons. The second kappa shape index (κ2) is 3.61. The average Bonchev–Trinajstić information content (AvgIpc) is 2.25. The van der Waals surface area contributed by atoms with Crippen molar-refractivity contribution in [1.29, 1.82) is 0 Å². The summed E-state index contributed by atoms with van der Waals surface area (Å²) in [5, 5.41) is 2.81. The van der Waals surface area contributed by atoms with Gasteiger partial charge in [0, 0.05) is 0 Å². The van der Waals surface area contributed by atoms with Crippen LogP contribution in [0.25, 0.3) is 0 Å². The van der Waals surface area contributed by atoms with Gasteiger partial charge in [-0.3, -0.25) is 4.79 Å². The number of carbonyl (C=O) groups excluding carboxylic acids is 1. The molecule has 4 heteroatoms. The van der Waals surface area contributed by atoms with Gasteiger partial charge in [-0.25, -0.2) is 0 Å². The van der Waals surface area contributed by atoms with E-state index in [2.05, 4.69) is 21.2 Å². The summed E-state index contributed by atoms with van der Waals surface area (Å²) in [6.07, 6.45) is 0.403. The molecular formula is C10H10BrNO2. The first-order chi connectivity index (χ1) is 6.66. The predicted octanol–water partition coefficient (Wildman–Crippen LogP) is 2.48. The third-order valence-corrected chi connectivity index (χ3v) is 2.63. The van der Waals surface area contributed by atoms with Gasteiger partial charge in [-0.15, -0.1) is 0 Å².